The highest BCUT2D eigenvalue weighted by Crippen LogP contribution is 2.22. The second kappa shape index (κ2) is 7.22. The number of aliphatic hydroxyl groups excluding tert-OH is 1. The molecule has 5 heteroatoms. The monoisotopic (exact) mass is 302 g/mol. The number of rotatable bonds is 7. The molecule has 0 aliphatic rings. The van der Waals surface area contributed by atoms with Crippen molar-refractivity contribution in [3.63, 3.8) is 0 Å². The molecule has 0 bridgehead atoms. The van der Waals surface area contributed by atoms with E-state index in [1.165, 1.54) is 6.07 Å². The summed E-state index contributed by atoms with van der Waals surface area (Å²) < 4.78 is 3.85. The third-order valence-electron chi connectivity index (χ3n) is 3.80. The van der Waals surface area contributed by atoms with Crippen LogP contribution in [0.25, 0.3) is 0 Å². The maximum atomic E-state index is 11.2. The van der Waals surface area contributed by atoms with Gasteiger partial charge in [0.1, 0.15) is 12.3 Å². The summed E-state index contributed by atoms with van der Waals surface area (Å²) in [5.74, 6) is -1.28. The van der Waals surface area contributed by atoms with Gasteiger partial charge in [-0.1, -0.05) is 37.6 Å². The number of hydrogen-bond acceptors (Lipinski definition) is 3. The highest BCUT2D eigenvalue weighted by atomic mass is 16.4. The summed E-state index contributed by atoms with van der Waals surface area (Å²) in [4.78, 5) is 11.2. The fraction of sp³-hybridized carbons (Fsp3) is 0.412. The Balaban J connectivity index is 2.26. The first-order chi connectivity index (χ1) is 10.5. The van der Waals surface area contributed by atoms with Crippen LogP contribution in [0.5, 0.6) is 0 Å². The van der Waals surface area contributed by atoms with Crippen LogP contribution in [0.15, 0.2) is 36.8 Å². The Labute approximate surface area is 130 Å². The molecule has 0 aliphatic carbocycles. The first-order valence-electron chi connectivity index (χ1n) is 7.58. The van der Waals surface area contributed by atoms with Gasteiger partial charge < -0.3 is 15.0 Å². The molecule has 2 rings (SSSR count). The molecule has 0 radical (unpaired) electrons. The summed E-state index contributed by atoms with van der Waals surface area (Å²) in [6, 6.07) is 6.40. The van der Waals surface area contributed by atoms with Gasteiger partial charge in [0.25, 0.3) is 0 Å². The number of aromatic carboxylic acids is 1. The van der Waals surface area contributed by atoms with E-state index in [0.717, 1.165) is 25.8 Å². The number of aryl methyl sites for hydroxylation is 2. The molecule has 5 nitrogen and oxygen atoms in total. The Morgan fingerprint density at radius 1 is 1.36 bits per heavy atom. The van der Waals surface area contributed by atoms with E-state index >= 15 is 0 Å². The lowest BCUT2D eigenvalue weighted by Crippen LogP contribution is -2.33. The molecule has 1 aromatic carbocycles. The van der Waals surface area contributed by atoms with Crippen LogP contribution in [0.1, 0.15) is 53.9 Å². The highest BCUT2D eigenvalue weighted by Gasteiger charge is 2.23. The van der Waals surface area contributed by atoms with Crippen molar-refractivity contribution < 1.29 is 19.6 Å². The third kappa shape index (κ3) is 3.54. The number of benzene rings is 1. The number of unbranched alkanes of at least 4 members (excludes halogenated alkanes) is 2. The molecule has 118 valence electrons. The van der Waals surface area contributed by atoms with Crippen LogP contribution in [0, 0.1) is 0 Å². The fourth-order valence-corrected chi connectivity index (χ4v) is 2.59. The van der Waals surface area contributed by atoms with Crippen molar-refractivity contribution in [1.82, 2.24) is 4.57 Å². The van der Waals surface area contributed by atoms with E-state index in [1.807, 2.05) is 28.7 Å². The van der Waals surface area contributed by atoms with Crippen molar-refractivity contribution in [1.29, 1.82) is 0 Å². The molecule has 1 heterocycles. The molecule has 1 aromatic heterocycles. The number of carboxylic acid groups (broad SMARTS) is 1. The standard InChI is InChI=1S/C17H22N2O3/c1-3-4-7-10-19-11-15(18(2)12-19)16(20)13-8-5-6-9-14(13)17(21)22/h5-6,8-9,11-12,16,20H,3-4,7,10H2,1-2H3. The van der Waals surface area contributed by atoms with Crippen LogP contribution in [0.4, 0.5) is 0 Å². The van der Waals surface area contributed by atoms with Gasteiger partial charge in [0.15, 0.2) is 5.69 Å². The highest BCUT2D eigenvalue weighted by molar-refractivity contribution is 5.87. The zero-order valence-corrected chi connectivity index (χ0v) is 13.0. The molecule has 22 heavy (non-hydrogen) atoms. The molecule has 1 N–H and O–H groups in total. The average Bonchev–Trinajstić information content (AvgIpc) is 2.87. The lowest BCUT2D eigenvalue weighted by Gasteiger charge is -2.14. The van der Waals surface area contributed by atoms with Gasteiger partial charge in [-0.05, 0) is 18.4 Å². The Morgan fingerprint density at radius 2 is 2.09 bits per heavy atom. The number of carboxylic acids is 1. The Hall–Kier alpha value is -2.14. The number of imidazole rings is 1. The summed E-state index contributed by atoms with van der Waals surface area (Å²) in [7, 11) is 1.84. The van der Waals surface area contributed by atoms with Gasteiger partial charge in [-0.3, -0.25) is 0 Å². The normalized spacial score (nSPS) is 12.3. The number of aliphatic hydroxyl groups is 1. The molecule has 0 saturated heterocycles. The maximum absolute atomic E-state index is 11.2. The minimum Gasteiger partial charge on any atom is -0.545 e. The molecule has 1 unspecified atom stereocenters. The van der Waals surface area contributed by atoms with E-state index in [1.54, 1.807) is 18.2 Å². The van der Waals surface area contributed by atoms with Gasteiger partial charge in [0, 0.05) is 5.56 Å². The van der Waals surface area contributed by atoms with E-state index in [4.69, 9.17) is 0 Å². The van der Waals surface area contributed by atoms with E-state index < -0.39 is 12.1 Å². The third-order valence-corrected chi connectivity index (χ3v) is 3.80. The van der Waals surface area contributed by atoms with Gasteiger partial charge in [0.05, 0.1) is 19.6 Å². The molecule has 0 amide bonds. The number of carbonyl (C=O) groups excluding carboxylic acids is 1. The summed E-state index contributed by atoms with van der Waals surface area (Å²) >= 11 is 0. The number of carbonyl (C=O) groups is 1. The average molecular weight is 302 g/mol. The van der Waals surface area contributed by atoms with Crippen LogP contribution in [0.2, 0.25) is 0 Å². The molecule has 0 fully saturated rings. The first-order valence-corrected chi connectivity index (χ1v) is 7.58. The topological polar surface area (TPSA) is 69.2 Å². The minimum atomic E-state index is -1.28. The quantitative estimate of drug-likeness (QED) is 0.611. The minimum absolute atomic E-state index is 0.0220. The largest absolute Gasteiger partial charge is 0.545 e. The summed E-state index contributed by atoms with van der Waals surface area (Å²) in [6.07, 6.45) is 6.18. The fourth-order valence-electron chi connectivity index (χ4n) is 2.59. The summed E-state index contributed by atoms with van der Waals surface area (Å²) in [6.45, 7) is 3.04. The van der Waals surface area contributed by atoms with Crippen molar-refractivity contribution in [3.8, 4) is 0 Å². The lowest BCUT2D eigenvalue weighted by molar-refractivity contribution is -0.681. The maximum Gasteiger partial charge on any atom is 0.243 e. The molecule has 0 saturated carbocycles. The van der Waals surface area contributed by atoms with Crippen LogP contribution in [0.3, 0.4) is 0 Å². The SMILES string of the molecule is CCCCCn1cc(C(O)c2ccccc2C(=O)[O-])[n+](C)c1. The Kier molecular flexibility index (Phi) is 5.33. The predicted molar refractivity (Wildman–Crippen MR) is 80.0 cm³/mol. The van der Waals surface area contributed by atoms with Crippen molar-refractivity contribution >= 4 is 5.97 Å². The Morgan fingerprint density at radius 3 is 2.77 bits per heavy atom. The summed E-state index contributed by atoms with van der Waals surface area (Å²) in [5, 5.41) is 21.7. The molecule has 0 spiro atoms. The number of nitrogens with zero attached hydrogens (tertiary/aromatic N) is 2. The van der Waals surface area contributed by atoms with Gasteiger partial charge in [-0.25, -0.2) is 9.13 Å². The van der Waals surface area contributed by atoms with Gasteiger partial charge in [-0.15, -0.1) is 0 Å². The summed E-state index contributed by atoms with van der Waals surface area (Å²) in [5.41, 5.74) is 1.03. The first kappa shape index (κ1) is 16.2. The molecule has 1 atom stereocenters. The number of hydrogen-bond donors (Lipinski definition) is 1. The second-order valence-corrected chi connectivity index (χ2v) is 5.50. The van der Waals surface area contributed by atoms with E-state index in [0.29, 0.717) is 11.3 Å². The predicted octanol–water partition coefficient (Wildman–Crippen LogP) is 0.948. The van der Waals surface area contributed by atoms with E-state index in [9.17, 15) is 15.0 Å². The van der Waals surface area contributed by atoms with Crippen molar-refractivity contribution in [2.75, 3.05) is 0 Å². The molecule has 0 aliphatic heterocycles. The molecule has 2 aromatic rings. The van der Waals surface area contributed by atoms with Crippen molar-refractivity contribution in [3.05, 3.63) is 53.6 Å². The van der Waals surface area contributed by atoms with Crippen LogP contribution < -0.4 is 9.67 Å². The van der Waals surface area contributed by atoms with E-state index in [2.05, 4.69) is 6.92 Å². The smallest absolute Gasteiger partial charge is 0.243 e. The van der Waals surface area contributed by atoms with Crippen molar-refractivity contribution in [2.45, 2.75) is 38.8 Å². The lowest BCUT2D eigenvalue weighted by atomic mass is 10.0. The zero-order valence-electron chi connectivity index (χ0n) is 13.0. The molecular formula is C17H22N2O3. The van der Waals surface area contributed by atoms with E-state index in [-0.39, 0.29) is 5.56 Å². The second-order valence-electron chi connectivity index (χ2n) is 5.50. The van der Waals surface area contributed by atoms with Gasteiger partial charge in [0.2, 0.25) is 6.33 Å². The van der Waals surface area contributed by atoms with Crippen LogP contribution in [-0.4, -0.2) is 15.6 Å². The van der Waals surface area contributed by atoms with Gasteiger partial charge >= 0.3 is 0 Å². The number of aromatic nitrogens is 2. The van der Waals surface area contributed by atoms with Gasteiger partial charge in [-0.2, -0.15) is 0 Å². The van der Waals surface area contributed by atoms with Crippen LogP contribution >= 0.6 is 0 Å². The van der Waals surface area contributed by atoms with Crippen molar-refractivity contribution in [2.24, 2.45) is 7.05 Å². The zero-order chi connectivity index (χ0) is 16.1. The van der Waals surface area contributed by atoms with Crippen LogP contribution in [-0.2, 0) is 13.6 Å². The Bertz CT molecular complexity index is 649. The molecular weight excluding hydrogens is 280 g/mol.